The molecular weight excluding hydrogens is 348 g/mol. The molecule has 9 heteroatoms. The number of carbonyl (C=O) groups is 1. The fourth-order valence-corrected chi connectivity index (χ4v) is 4.33. The van der Waals surface area contributed by atoms with Gasteiger partial charge in [-0.25, -0.2) is 4.98 Å². The molecule has 7 nitrogen and oxygen atoms in total. The number of aromatic nitrogens is 1. The number of thiazole rings is 1. The minimum Gasteiger partial charge on any atom is -0.354 e. The molecule has 0 spiro atoms. The Morgan fingerprint density at radius 3 is 2.83 bits per heavy atom. The van der Waals surface area contributed by atoms with Crippen LogP contribution in [0.1, 0.15) is 32.6 Å². The molecule has 0 saturated carbocycles. The topological polar surface area (TPSA) is 84.8 Å². The van der Waals surface area contributed by atoms with Gasteiger partial charge in [-0.2, -0.15) is 0 Å². The van der Waals surface area contributed by atoms with Gasteiger partial charge >= 0.3 is 0 Å². The molecule has 1 saturated heterocycles. The van der Waals surface area contributed by atoms with Gasteiger partial charge in [0.05, 0.1) is 17.0 Å². The van der Waals surface area contributed by atoms with Crippen molar-refractivity contribution in [1.29, 1.82) is 0 Å². The molecule has 24 heavy (non-hydrogen) atoms. The van der Waals surface area contributed by atoms with Crippen molar-refractivity contribution < 1.29 is 14.3 Å². The number of amides is 1. The van der Waals surface area contributed by atoms with Crippen LogP contribution in [0, 0.1) is 0 Å². The maximum atomic E-state index is 11.1. The Balaban J connectivity index is 1.98. The van der Waals surface area contributed by atoms with Gasteiger partial charge in [-0.3, -0.25) is 9.79 Å². The summed E-state index contributed by atoms with van der Waals surface area (Å²) in [5, 5.41) is 7.65. The van der Waals surface area contributed by atoms with E-state index in [-0.39, 0.29) is 17.7 Å². The molecule has 0 radical (unpaired) electrons. The number of ether oxygens (including phenoxy) is 2. The molecule has 1 unspecified atom stereocenters. The number of carbonyl (C=O) groups excluding carboxylic acids is 1. The highest BCUT2D eigenvalue weighted by Crippen LogP contribution is 2.36. The van der Waals surface area contributed by atoms with Crippen LogP contribution < -0.4 is 10.6 Å². The summed E-state index contributed by atoms with van der Waals surface area (Å²) in [7, 11) is 0. The molecule has 0 aromatic carbocycles. The fourth-order valence-electron chi connectivity index (χ4n) is 2.16. The molecule has 0 aliphatic carbocycles. The van der Waals surface area contributed by atoms with Gasteiger partial charge < -0.3 is 20.1 Å². The third-order valence-electron chi connectivity index (χ3n) is 3.30. The lowest BCUT2D eigenvalue weighted by Gasteiger charge is -2.21. The molecular formula is C15H24N4O3S2. The lowest BCUT2D eigenvalue weighted by atomic mass is 10.1. The Labute approximate surface area is 150 Å². The van der Waals surface area contributed by atoms with E-state index in [0.29, 0.717) is 24.9 Å². The Hall–Kier alpha value is -1.16. The number of rotatable bonds is 8. The number of thioether (sulfide) groups is 1. The van der Waals surface area contributed by atoms with Crippen molar-refractivity contribution in [2.45, 2.75) is 39.5 Å². The maximum Gasteiger partial charge on any atom is 0.223 e. The zero-order valence-electron chi connectivity index (χ0n) is 14.4. The van der Waals surface area contributed by atoms with Crippen LogP contribution in [-0.4, -0.2) is 47.9 Å². The maximum absolute atomic E-state index is 11.1. The molecule has 1 fully saturated rings. The summed E-state index contributed by atoms with van der Waals surface area (Å²) in [6.07, 6.45) is 1.49. The van der Waals surface area contributed by atoms with Gasteiger partial charge in [-0.1, -0.05) is 23.1 Å². The smallest absolute Gasteiger partial charge is 0.223 e. The third kappa shape index (κ3) is 5.17. The van der Waals surface area contributed by atoms with Gasteiger partial charge in [-0.05, 0) is 20.8 Å². The lowest BCUT2D eigenvalue weighted by Crippen LogP contribution is -2.37. The highest BCUT2D eigenvalue weighted by molar-refractivity contribution is 8.14. The summed E-state index contributed by atoms with van der Waals surface area (Å²) in [6, 6.07) is 0. The summed E-state index contributed by atoms with van der Waals surface area (Å²) in [5.41, 5.74) is -0.245. The van der Waals surface area contributed by atoms with E-state index in [1.165, 1.54) is 18.3 Å². The predicted molar refractivity (Wildman–Crippen MR) is 98.7 cm³/mol. The highest BCUT2D eigenvalue weighted by atomic mass is 32.2. The average molecular weight is 373 g/mol. The molecule has 1 atom stereocenters. The normalized spacial score (nSPS) is 22.1. The molecule has 1 aliphatic rings. The Bertz CT molecular complexity index is 587. The van der Waals surface area contributed by atoms with Crippen LogP contribution >= 0.6 is 23.1 Å². The minimum atomic E-state index is -0.309. The first kappa shape index (κ1) is 19.2. The van der Waals surface area contributed by atoms with E-state index in [9.17, 15) is 4.79 Å². The molecule has 1 aromatic rings. The van der Waals surface area contributed by atoms with Crippen molar-refractivity contribution in [2.75, 3.05) is 30.8 Å². The van der Waals surface area contributed by atoms with Gasteiger partial charge in [0.25, 0.3) is 0 Å². The van der Waals surface area contributed by atoms with Crippen LogP contribution in [0.2, 0.25) is 0 Å². The summed E-state index contributed by atoms with van der Waals surface area (Å²) < 4.78 is 11.0. The van der Waals surface area contributed by atoms with Crippen molar-refractivity contribution in [3.05, 3.63) is 11.1 Å². The number of hydrogen-bond donors (Lipinski definition) is 2. The Kier molecular flexibility index (Phi) is 7.02. The van der Waals surface area contributed by atoms with Crippen LogP contribution in [0.15, 0.2) is 11.2 Å². The molecule has 2 N–H and O–H groups in total. The molecule has 2 heterocycles. The van der Waals surface area contributed by atoms with Crippen molar-refractivity contribution in [3.63, 3.8) is 0 Å². The van der Waals surface area contributed by atoms with Crippen molar-refractivity contribution in [1.82, 2.24) is 10.3 Å². The number of aliphatic imine (C=N–C) groups is 1. The fraction of sp³-hybridized carbons (Fsp3) is 0.667. The van der Waals surface area contributed by atoms with Crippen molar-refractivity contribution in [3.8, 4) is 0 Å². The summed E-state index contributed by atoms with van der Waals surface area (Å²) in [6.45, 7) is 9.12. The van der Waals surface area contributed by atoms with E-state index in [1.807, 2.05) is 13.8 Å². The third-order valence-corrected chi connectivity index (χ3v) is 5.70. The van der Waals surface area contributed by atoms with E-state index in [1.54, 1.807) is 18.0 Å². The molecule has 1 aliphatic heterocycles. The number of amidine groups is 1. The van der Waals surface area contributed by atoms with Crippen LogP contribution in [0.5, 0.6) is 0 Å². The van der Waals surface area contributed by atoms with E-state index in [0.717, 1.165) is 15.8 Å². The van der Waals surface area contributed by atoms with Gasteiger partial charge in [0.15, 0.2) is 16.6 Å². The summed E-state index contributed by atoms with van der Waals surface area (Å²) >= 11 is 3.14. The minimum absolute atomic E-state index is 0.116. The van der Waals surface area contributed by atoms with Crippen LogP contribution in [0.3, 0.4) is 0 Å². The second-order valence-corrected chi connectivity index (χ2v) is 7.44. The first-order chi connectivity index (χ1) is 11.5. The van der Waals surface area contributed by atoms with Gasteiger partial charge in [0.2, 0.25) is 5.91 Å². The quantitative estimate of drug-likeness (QED) is 0.682. The zero-order chi connectivity index (χ0) is 17.6. The Morgan fingerprint density at radius 2 is 2.21 bits per heavy atom. The predicted octanol–water partition coefficient (Wildman–Crippen LogP) is 2.41. The second kappa shape index (κ2) is 8.80. The van der Waals surface area contributed by atoms with Crippen molar-refractivity contribution >= 4 is 39.3 Å². The van der Waals surface area contributed by atoms with Gasteiger partial charge in [-0.15, -0.1) is 0 Å². The Morgan fingerprint density at radius 1 is 1.50 bits per heavy atom. The lowest BCUT2D eigenvalue weighted by molar-refractivity contribution is -0.128. The van der Waals surface area contributed by atoms with E-state index >= 15 is 0 Å². The number of hydrogen-bond acceptors (Lipinski definition) is 7. The van der Waals surface area contributed by atoms with Crippen LogP contribution in [0.25, 0.3) is 0 Å². The molecule has 1 aromatic heterocycles. The molecule has 0 bridgehead atoms. The van der Waals surface area contributed by atoms with Crippen LogP contribution in [-0.2, 0) is 19.8 Å². The number of anilines is 1. The average Bonchev–Trinajstić information content (AvgIpc) is 3.13. The molecule has 2 rings (SSSR count). The first-order valence-electron chi connectivity index (χ1n) is 7.89. The number of nitrogens with one attached hydrogen (secondary N) is 2. The van der Waals surface area contributed by atoms with Gasteiger partial charge in [0.1, 0.15) is 0 Å². The monoisotopic (exact) mass is 372 g/mol. The first-order valence-corrected chi connectivity index (χ1v) is 9.69. The van der Waals surface area contributed by atoms with E-state index in [4.69, 9.17) is 9.47 Å². The summed E-state index contributed by atoms with van der Waals surface area (Å²) in [5.74, 6) is 0.733. The summed E-state index contributed by atoms with van der Waals surface area (Å²) in [4.78, 5) is 21.0. The standard InChI is InChI=1S/C15H24N4O3S2/c1-5-21-12(22-6-2)8-17-14-19-15(4,9-23-14)11-7-16-13(24-11)18-10(3)20/h7,12H,5-6,8-9H2,1-4H3,(H,17,19)(H,16,18,20). The second-order valence-electron chi connectivity index (χ2n) is 5.44. The van der Waals surface area contributed by atoms with E-state index in [2.05, 4.69) is 27.5 Å². The van der Waals surface area contributed by atoms with Crippen molar-refractivity contribution in [2.24, 2.45) is 4.99 Å². The highest BCUT2D eigenvalue weighted by Gasteiger charge is 2.36. The largest absolute Gasteiger partial charge is 0.354 e. The number of nitrogens with zero attached hydrogens (tertiary/aromatic N) is 2. The van der Waals surface area contributed by atoms with Gasteiger partial charge in [0, 0.05) is 32.1 Å². The SMILES string of the molecule is CCOC(CN=C1NC(C)(c2cnc(NC(C)=O)s2)CS1)OCC. The molecule has 134 valence electrons. The van der Waals surface area contributed by atoms with Crippen LogP contribution in [0.4, 0.5) is 5.13 Å². The molecule has 1 amide bonds. The zero-order valence-corrected chi connectivity index (χ0v) is 16.1. The van der Waals surface area contributed by atoms with E-state index < -0.39 is 0 Å².